The van der Waals surface area contributed by atoms with Crippen LogP contribution in [0, 0.1) is 6.92 Å². The topological polar surface area (TPSA) is 41.6 Å². The van der Waals surface area contributed by atoms with Crippen LogP contribution >= 0.6 is 11.6 Å². The highest BCUT2D eigenvalue weighted by atomic mass is 35.5. The molecule has 0 saturated heterocycles. The fourth-order valence-corrected chi connectivity index (χ4v) is 3.09. The second-order valence-corrected chi connectivity index (χ2v) is 6.93. The second-order valence-electron chi connectivity index (χ2n) is 6.49. The van der Waals surface area contributed by atoms with Crippen molar-refractivity contribution >= 4 is 23.2 Å². The highest BCUT2D eigenvalue weighted by Crippen LogP contribution is 2.28. The molecule has 0 bridgehead atoms. The van der Waals surface area contributed by atoms with Gasteiger partial charge < -0.3 is 10.1 Å². The van der Waals surface area contributed by atoms with Gasteiger partial charge in [0.05, 0.1) is 13.7 Å². The van der Waals surface area contributed by atoms with E-state index in [4.69, 9.17) is 16.3 Å². The second kappa shape index (κ2) is 7.89. The van der Waals surface area contributed by atoms with Gasteiger partial charge in [-0.2, -0.15) is 0 Å². The van der Waals surface area contributed by atoms with E-state index in [0.29, 0.717) is 17.6 Å². The number of aryl methyl sites for hydroxylation is 1. The Bertz CT molecular complexity index is 742. The molecule has 25 heavy (non-hydrogen) atoms. The molecular weight excluding hydrogens is 336 g/mol. The Balaban J connectivity index is 1.62. The van der Waals surface area contributed by atoms with Gasteiger partial charge in [-0.05, 0) is 61.2 Å². The van der Waals surface area contributed by atoms with Crippen molar-refractivity contribution in [3.8, 4) is 5.75 Å². The Morgan fingerprint density at radius 2 is 1.96 bits per heavy atom. The number of hydrogen-bond donors (Lipinski definition) is 1. The number of nitrogens with zero attached hydrogens (tertiary/aromatic N) is 1. The van der Waals surface area contributed by atoms with Gasteiger partial charge in [0.2, 0.25) is 5.91 Å². The summed E-state index contributed by atoms with van der Waals surface area (Å²) in [4.78, 5) is 14.7. The van der Waals surface area contributed by atoms with Crippen LogP contribution in [-0.2, 0) is 11.3 Å². The lowest BCUT2D eigenvalue weighted by molar-refractivity contribution is -0.117. The molecule has 1 amide bonds. The lowest BCUT2D eigenvalue weighted by Gasteiger charge is -2.22. The van der Waals surface area contributed by atoms with Crippen molar-refractivity contribution in [2.75, 3.05) is 19.0 Å². The summed E-state index contributed by atoms with van der Waals surface area (Å²) in [5, 5.41) is 3.67. The van der Waals surface area contributed by atoms with Gasteiger partial charge in [-0.3, -0.25) is 9.69 Å². The number of rotatable bonds is 7. The Kier molecular flexibility index (Phi) is 5.61. The maximum atomic E-state index is 12.5. The number of carbonyl (C=O) groups is 1. The molecule has 1 saturated carbocycles. The number of benzene rings is 2. The number of hydrogen-bond acceptors (Lipinski definition) is 3. The standard InChI is InChI=1S/C20H23ClN2O2/c1-14-11-16(21)5-10-19(14)22-20(24)13-23(17-6-7-17)12-15-3-8-18(25-2)9-4-15/h3-5,8-11,17H,6-7,12-13H2,1-2H3,(H,22,24). The van der Waals surface area contributed by atoms with Crippen LogP contribution in [0.2, 0.25) is 5.02 Å². The minimum absolute atomic E-state index is 0.00540. The molecule has 0 aliphatic heterocycles. The molecule has 2 aromatic rings. The van der Waals surface area contributed by atoms with Crippen LogP contribution < -0.4 is 10.1 Å². The molecule has 0 spiro atoms. The normalized spacial score (nSPS) is 13.8. The largest absolute Gasteiger partial charge is 0.497 e. The number of ether oxygens (including phenoxy) is 1. The third-order valence-electron chi connectivity index (χ3n) is 4.42. The van der Waals surface area contributed by atoms with E-state index >= 15 is 0 Å². The predicted octanol–water partition coefficient (Wildman–Crippen LogP) is 4.26. The van der Waals surface area contributed by atoms with Gasteiger partial charge >= 0.3 is 0 Å². The van der Waals surface area contributed by atoms with Gasteiger partial charge in [0.1, 0.15) is 5.75 Å². The minimum atomic E-state index is 0.00540. The van der Waals surface area contributed by atoms with Gasteiger partial charge in [-0.15, -0.1) is 0 Å². The lowest BCUT2D eigenvalue weighted by atomic mass is 10.2. The maximum absolute atomic E-state index is 12.5. The number of carbonyl (C=O) groups excluding carboxylic acids is 1. The van der Waals surface area contributed by atoms with Crippen LogP contribution in [-0.4, -0.2) is 30.5 Å². The van der Waals surface area contributed by atoms with E-state index in [1.54, 1.807) is 13.2 Å². The first-order chi connectivity index (χ1) is 12.0. The fourth-order valence-electron chi connectivity index (χ4n) is 2.86. The van der Waals surface area contributed by atoms with Crippen LogP contribution in [0.1, 0.15) is 24.0 Å². The number of amides is 1. The van der Waals surface area contributed by atoms with Crippen molar-refractivity contribution in [3.05, 3.63) is 58.6 Å². The molecule has 5 heteroatoms. The molecule has 3 rings (SSSR count). The zero-order valence-corrected chi connectivity index (χ0v) is 15.3. The van der Waals surface area contributed by atoms with Gasteiger partial charge in [-0.1, -0.05) is 23.7 Å². The van der Waals surface area contributed by atoms with Crippen LogP contribution in [0.15, 0.2) is 42.5 Å². The SMILES string of the molecule is COc1ccc(CN(CC(=O)Nc2ccc(Cl)cc2C)C2CC2)cc1. The zero-order chi connectivity index (χ0) is 17.8. The monoisotopic (exact) mass is 358 g/mol. The van der Waals surface area contributed by atoms with Gasteiger partial charge in [-0.25, -0.2) is 0 Å². The van der Waals surface area contributed by atoms with E-state index in [9.17, 15) is 4.79 Å². The smallest absolute Gasteiger partial charge is 0.238 e. The average Bonchev–Trinajstić information content (AvgIpc) is 3.42. The average molecular weight is 359 g/mol. The summed E-state index contributed by atoms with van der Waals surface area (Å²) >= 11 is 5.97. The molecule has 4 nitrogen and oxygen atoms in total. The van der Waals surface area contributed by atoms with Crippen molar-refractivity contribution in [3.63, 3.8) is 0 Å². The molecule has 132 valence electrons. The maximum Gasteiger partial charge on any atom is 0.238 e. The van der Waals surface area contributed by atoms with Crippen LogP contribution in [0.25, 0.3) is 0 Å². The van der Waals surface area contributed by atoms with E-state index in [2.05, 4.69) is 22.3 Å². The quantitative estimate of drug-likeness (QED) is 0.804. The lowest BCUT2D eigenvalue weighted by Crippen LogP contribution is -2.34. The molecule has 1 aliphatic rings. The zero-order valence-electron chi connectivity index (χ0n) is 14.6. The summed E-state index contributed by atoms with van der Waals surface area (Å²) in [6.45, 7) is 3.10. The van der Waals surface area contributed by atoms with Gasteiger partial charge in [0, 0.05) is 23.3 Å². The van der Waals surface area contributed by atoms with Crippen molar-refractivity contribution in [1.82, 2.24) is 4.90 Å². The molecule has 1 fully saturated rings. The molecular formula is C20H23ClN2O2. The van der Waals surface area contributed by atoms with E-state index in [0.717, 1.165) is 36.4 Å². The number of anilines is 1. The van der Waals surface area contributed by atoms with E-state index in [-0.39, 0.29) is 5.91 Å². The molecule has 0 aromatic heterocycles. The van der Waals surface area contributed by atoms with E-state index in [1.807, 2.05) is 31.2 Å². The van der Waals surface area contributed by atoms with Crippen LogP contribution in [0.5, 0.6) is 5.75 Å². The highest BCUT2D eigenvalue weighted by Gasteiger charge is 2.30. The number of methoxy groups -OCH3 is 1. The summed E-state index contributed by atoms with van der Waals surface area (Å²) in [6.07, 6.45) is 2.31. The molecule has 0 unspecified atom stereocenters. The Labute approximate surface area is 153 Å². The fraction of sp³-hybridized carbons (Fsp3) is 0.350. The summed E-state index contributed by atoms with van der Waals surface area (Å²) < 4.78 is 5.20. The minimum Gasteiger partial charge on any atom is -0.497 e. The molecule has 0 heterocycles. The summed E-state index contributed by atoms with van der Waals surface area (Å²) in [5.41, 5.74) is 2.96. The highest BCUT2D eigenvalue weighted by molar-refractivity contribution is 6.30. The summed E-state index contributed by atoms with van der Waals surface area (Å²) in [5.74, 6) is 0.850. The van der Waals surface area contributed by atoms with Crippen LogP contribution in [0.3, 0.4) is 0 Å². The molecule has 1 aliphatic carbocycles. The molecule has 0 atom stereocenters. The molecule has 0 radical (unpaired) electrons. The number of nitrogens with one attached hydrogen (secondary N) is 1. The van der Waals surface area contributed by atoms with Crippen molar-refractivity contribution < 1.29 is 9.53 Å². The predicted molar refractivity (Wildman–Crippen MR) is 101 cm³/mol. The Morgan fingerprint density at radius 3 is 2.56 bits per heavy atom. The Morgan fingerprint density at radius 1 is 1.24 bits per heavy atom. The molecule has 2 aromatic carbocycles. The van der Waals surface area contributed by atoms with Crippen molar-refractivity contribution in [1.29, 1.82) is 0 Å². The summed E-state index contributed by atoms with van der Waals surface area (Å²) in [7, 11) is 1.66. The number of halogens is 1. The van der Waals surface area contributed by atoms with Gasteiger partial charge in [0.15, 0.2) is 0 Å². The first-order valence-corrected chi connectivity index (χ1v) is 8.86. The van der Waals surface area contributed by atoms with Crippen molar-refractivity contribution in [2.24, 2.45) is 0 Å². The molecule has 1 N–H and O–H groups in total. The summed E-state index contributed by atoms with van der Waals surface area (Å²) in [6, 6.07) is 14.0. The third kappa shape index (κ3) is 4.97. The first kappa shape index (κ1) is 17.8. The Hall–Kier alpha value is -2.04. The third-order valence-corrected chi connectivity index (χ3v) is 4.65. The van der Waals surface area contributed by atoms with E-state index in [1.165, 1.54) is 5.56 Å². The van der Waals surface area contributed by atoms with Crippen molar-refractivity contribution in [2.45, 2.75) is 32.4 Å². The van der Waals surface area contributed by atoms with Gasteiger partial charge in [0.25, 0.3) is 0 Å². The first-order valence-electron chi connectivity index (χ1n) is 8.48. The van der Waals surface area contributed by atoms with E-state index < -0.39 is 0 Å². The van der Waals surface area contributed by atoms with Crippen LogP contribution in [0.4, 0.5) is 5.69 Å².